The Morgan fingerprint density at radius 1 is 1.41 bits per heavy atom. The van der Waals surface area contributed by atoms with Crippen LogP contribution in [0.25, 0.3) is 0 Å². The van der Waals surface area contributed by atoms with Gasteiger partial charge in [-0.3, -0.25) is 4.79 Å². The van der Waals surface area contributed by atoms with Crippen LogP contribution in [-0.2, 0) is 12.0 Å². The molecule has 0 N–H and O–H groups in total. The fourth-order valence-corrected chi connectivity index (χ4v) is 3.55. The van der Waals surface area contributed by atoms with E-state index in [1.54, 1.807) is 18.2 Å². The van der Waals surface area contributed by atoms with Gasteiger partial charge >= 0.3 is 0 Å². The maximum atomic E-state index is 12.8. The van der Waals surface area contributed by atoms with Gasteiger partial charge < -0.3 is 13.8 Å². The highest BCUT2D eigenvalue weighted by atomic mass is 35.5. The zero-order valence-electron chi connectivity index (χ0n) is 15.4. The van der Waals surface area contributed by atoms with Gasteiger partial charge in [-0.15, -0.1) is 11.3 Å². The van der Waals surface area contributed by atoms with Gasteiger partial charge in [0.2, 0.25) is 6.39 Å². The molecule has 0 aliphatic rings. The van der Waals surface area contributed by atoms with Gasteiger partial charge in [-0.2, -0.15) is 9.98 Å². The summed E-state index contributed by atoms with van der Waals surface area (Å²) in [4.78, 5) is 22.8. The van der Waals surface area contributed by atoms with E-state index >= 15 is 0 Å². The number of nitrogens with zero attached hydrogens (tertiary/aromatic N) is 4. The Balaban J connectivity index is 2.07. The number of benzene rings is 1. The van der Waals surface area contributed by atoms with Crippen LogP contribution in [0.15, 0.2) is 40.3 Å². The lowest BCUT2D eigenvalue weighted by molar-refractivity contribution is 0.0995. The molecule has 2 heterocycles. The van der Waals surface area contributed by atoms with Crippen LogP contribution in [0.5, 0.6) is 5.75 Å². The number of carbonyl (C=O) groups is 1. The number of hydrogen-bond acceptors (Lipinski definition) is 6. The molecule has 0 saturated carbocycles. The molecule has 0 unspecified atom stereocenters. The van der Waals surface area contributed by atoms with Crippen molar-refractivity contribution in [2.24, 2.45) is 4.99 Å². The largest absolute Gasteiger partial charge is 0.496 e. The SMILES string of the molecule is COc1ccc(Cl)cc1C(=O)N=c1sc(C(C)(C)C)cn1Cc1ncon1. The van der Waals surface area contributed by atoms with E-state index in [1.807, 2.05) is 10.8 Å². The summed E-state index contributed by atoms with van der Waals surface area (Å²) < 4.78 is 11.9. The molecule has 0 saturated heterocycles. The van der Waals surface area contributed by atoms with Gasteiger partial charge in [-0.1, -0.05) is 37.5 Å². The number of amides is 1. The zero-order valence-corrected chi connectivity index (χ0v) is 17.0. The zero-order chi connectivity index (χ0) is 19.6. The van der Waals surface area contributed by atoms with E-state index < -0.39 is 5.91 Å². The highest BCUT2D eigenvalue weighted by Gasteiger charge is 2.19. The highest BCUT2D eigenvalue weighted by Crippen LogP contribution is 2.26. The van der Waals surface area contributed by atoms with Gasteiger partial charge in [0.1, 0.15) is 5.75 Å². The molecule has 7 nitrogen and oxygen atoms in total. The molecule has 0 aliphatic carbocycles. The Bertz CT molecular complexity index is 1020. The molecule has 0 fully saturated rings. The van der Waals surface area contributed by atoms with Gasteiger partial charge in [0.15, 0.2) is 10.6 Å². The first-order chi connectivity index (χ1) is 12.8. The third-order valence-electron chi connectivity index (χ3n) is 3.77. The van der Waals surface area contributed by atoms with Gasteiger partial charge in [-0.05, 0) is 23.6 Å². The molecule has 1 aromatic carbocycles. The van der Waals surface area contributed by atoms with Crippen LogP contribution in [0.2, 0.25) is 5.02 Å². The van der Waals surface area contributed by atoms with E-state index in [0.29, 0.717) is 33.5 Å². The van der Waals surface area contributed by atoms with Crippen molar-refractivity contribution in [1.29, 1.82) is 0 Å². The fraction of sp³-hybridized carbons (Fsp3) is 0.333. The quantitative estimate of drug-likeness (QED) is 0.660. The van der Waals surface area contributed by atoms with Crippen LogP contribution in [0.3, 0.4) is 0 Å². The molecule has 2 aromatic heterocycles. The third-order valence-corrected chi connectivity index (χ3v) is 5.45. The van der Waals surface area contributed by atoms with E-state index in [-0.39, 0.29) is 5.41 Å². The lowest BCUT2D eigenvalue weighted by Gasteiger charge is -2.14. The average Bonchev–Trinajstić information content (AvgIpc) is 3.25. The standard InChI is InChI=1S/C18H19ClN4O3S/c1-18(2,3)14-8-23(9-15-20-10-26-22-15)17(27-14)21-16(24)12-7-11(19)5-6-13(12)25-4/h5-8,10H,9H2,1-4H3. The predicted octanol–water partition coefficient (Wildman–Crippen LogP) is 3.68. The summed E-state index contributed by atoms with van der Waals surface area (Å²) in [5.74, 6) is 0.492. The van der Waals surface area contributed by atoms with Gasteiger partial charge in [0, 0.05) is 16.1 Å². The van der Waals surface area contributed by atoms with Crippen LogP contribution < -0.4 is 9.54 Å². The average molecular weight is 407 g/mol. The summed E-state index contributed by atoms with van der Waals surface area (Å²) in [5.41, 5.74) is 0.218. The normalized spacial score (nSPS) is 12.4. The Labute approximate surface area is 165 Å². The minimum atomic E-state index is -0.432. The first kappa shape index (κ1) is 19.3. The van der Waals surface area contributed by atoms with E-state index in [1.165, 1.54) is 24.8 Å². The van der Waals surface area contributed by atoms with Crippen molar-refractivity contribution in [3.8, 4) is 5.75 Å². The Morgan fingerprint density at radius 3 is 2.81 bits per heavy atom. The van der Waals surface area contributed by atoms with Crippen molar-refractivity contribution in [2.45, 2.75) is 32.7 Å². The Hall–Kier alpha value is -2.45. The lowest BCUT2D eigenvalue weighted by atomic mass is 9.95. The molecule has 0 aliphatic heterocycles. The third kappa shape index (κ3) is 4.45. The maximum Gasteiger partial charge on any atom is 0.283 e. The monoisotopic (exact) mass is 406 g/mol. The van der Waals surface area contributed by atoms with Gasteiger partial charge in [0.25, 0.3) is 5.91 Å². The summed E-state index contributed by atoms with van der Waals surface area (Å²) in [7, 11) is 1.50. The van der Waals surface area contributed by atoms with Crippen LogP contribution in [-0.4, -0.2) is 27.7 Å². The molecule has 3 rings (SSSR count). The molecule has 0 radical (unpaired) electrons. The van der Waals surface area contributed by atoms with E-state index in [0.717, 1.165) is 4.88 Å². The Kier molecular flexibility index (Phi) is 5.48. The first-order valence-corrected chi connectivity index (χ1v) is 9.36. The second-order valence-electron chi connectivity index (χ2n) is 6.86. The van der Waals surface area contributed by atoms with E-state index in [9.17, 15) is 4.79 Å². The predicted molar refractivity (Wildman–Crippen MR) is 102 cm³/mol. The van der Waals surface area contributed by atoms with Crippen LogP contribution >= 0.6 is 22.9 Å². The smallest absolute Gasteiger partial charge is 0.283 e. The number of hydrogen-bond donors (Lipinski definition) is 0. The van der Waals surface area contributed by atoms with Crippen molar-refractivity contribution in [3.05, 3.63) is 56.9 Å². The molecule has 142 valence electrons. The van der Waals surface area contributed by atoms with Crippen LogP contribution in [0.1, 0.15) is 41.8 Å². The highest BCUT2D eigenvalue weighted by molar-refractivity contribution is 7.09. The van der Waals surface area contributed by atoms with Crippen molar-refractivity contribution < 1.29 is 14.1 Å². The van der Waals surface area contributed by atoms with E-state index in [4.69, 9.17) is 20.9 Å². The number of methoxy groups -OCH3 is 1. The topological polar surface area (TPSA) is 82.5 Å². The van der Waals surface area contributed by atoms with Crippen LogP contribution in [0.4, 0.5) is 0 Å². The number of rotatable bonds is 4. The summed E-state index contributed by atoms with van der Waals surface area (Å²) in [6, 6.07) is 4.86. The van der Waals surface area contributed by atoms with Crippen molar-refractivity contribution in [2.75, 3.05) is 7.11 Å². The summed E-state index contributed by atoms with van der Waals surface area (Å²) in [5, 5.41) is 4.27. The number of carbonyl (C=O) groups excluding carboxylic acids is 1. The molecule has 9 heteroatoms. The maximum absolute atomic E-state index is 12.8. The summed E-state index contributed by atoms with van der Waals surface area (Å²) in [6.45, 7) is 6.65. The summed E-state index contributed by atoms with van der Waals surface area (Å²) >= 11 is 7.48. The number of halogens is 1. The fourth-order valence-electron chi connectivity index (χ4n) is 2.34. The molecule has 0 spiro atoms. The second-order valence-corrected chi connectivity index (χ2v) is 8.31. The molecule has 27 heavy (non-hydrogen) atoms. The molecule has 3 aromatic rings. The minimum absolute atomic E-state index is 0.0891. The van der Waals surface area contributed by atoms with Gasteiger partial charge in [0.05, 0.1) is 19.2 Å². The number of aromatic nitrogens is 3. The Morgan fingerprint density at radius 2 is 2.19 bits per heavy atom. The van der Waals surface area contributed by atoms with E-state index in [2.05, 4.69) is 35.9 Å². The van der Waals surface area contributed by atoms with Crippen molar-refractivity contribution in [3.63, 3.8) is 0 Å². The second kappa shape index (κ2) is 7.66. The number of ether oxygens (including phenoxy) is 1. The van der Waals surface area contributed by atoms with Crippen molar-refractivity contribution >= 4 is 28.8 Å². The van der Waals surface area contributed by atoms with Gasteiger partial charge in [-0.25, -0.2) is 0 Å². The minimum Gasteiger partial charge on any atom is -0.496 e. The van der Waals surface area contributed by atoms with Crippen LogP contribution in [0, 0.1) is 0 Å². The molecule has 0 bridgehead atoms. The number of thiazole rings is 1. The van der Waals surface area contributed by atoms with Crippen molar-refractivity contribution in [1.82, 2.24) is 14.7 Å². The lowest BCUT2D eigenvalue weighted by Crippen LogP contribution is -2.18. The molecule has 0 atom stereocenters. The first-order valence-electron chi connectivity index (χ1n) is 8.16. The summed E-state index contributed by atoms with van der Waals surface area (Å²) in [6.07, 6.45) is 3.23. The molecular weight excluding hydrogens is 388 g/mol. The molecule has 1 amide bonds. The molecular formula is C18H19ClN4O3S.